The van der Waals surface area contributed by atoms with Gasteiger partial charge in [0.1, 0.15) is 0 Å². The van der Waals surface area contributed by atoms with Crippen molar-refractivity contribution in [1.29, 1.82) is 0 Å². The summed E-state index contributed by atoms with van der Waals surface area (Å²) in [7, 11) is 1.71. The molecule has 1 aromatic rings. The Labute approximate surface area is 72.0 Å². The minimum atomic E-state index is -0.993. The standard InChI is InChI=1S/C6H7BrN2O2/c1-9-4(3-7)2-5(8-9)6(10)11/h2H,3H2,1H3,(H,10,11). The van der Waals surface area contributed by atoms with Gasteiger partial charge in [-0.25, -0.2) is 4.79 Å². The molecule has 0 aromatic carbocycles. The van der Waals surface area contributed by atoms with Crippen molar-refractivity contribution < 1.29 is 9.90 Å². The van der Waals surface area contributed by atoms with E-state index >= 15 is 0 Å². The van der Waals surface area contributed by atoms with Crippen molar-refractivity contribution in [3.05, 3.63) is 17.5 Å². The van der Waals surface area contributed by atoms with Crippen LogP contribution in [-0.2, 0) is 12.4 Å². The van der Waals surface area contributed by atoms with Crippen LogP contribution in [0.5, 0.6) is 0 Å². The lowest BCUT2D eigenvalue weighted by molar-refractivity contribution is 0.0689. The normalized spacial score (nSPS) is 10.0. The largest absolute Gasteiger partial charge is 0.476 e. The maximum Gasteiger partial charge on any atom is 0.356 e. The van der Waals surface area contributed by atoms with E-state index < -0.39 is 5.97 Å². The van der Waals surface area contributed by atoms with Crippen LogP contribution in [0.2, 0.25) is 0 Å². The lowest BCUT2D eigenvalue weighted by atomic mass is 10.4. The molecule has 0 amide bonds. The summed E-state index contributed by atoms with van der Waals surface area (Å²) in [5, 5.41) is 12.9. The first-order valence-electron chi connectivity index (χ1n) is 2.97. The quantitative estimate of drug-likeness (QED) is 0.755. The van der Waals surface area contributed by atoms with Gasteiger partial charge in [-0.1, -0.05) is 15.9 Å². The van der Waals surface area contributed by atoms with E-state index in [2.05, 4.69) is 21.0 Å². The van der Waals surface area contributed by atoms with Gasteiger partial charge >= 0.3 is 5.97 Å². The number of rotatable bonds is 2. The Balaban J connectivity index is 3.05. The Morgan fingerprint density at radius 3 is 2.82 bits per heavy atom. The van der Waals surface area contributed by atoms with Crippen molar-refractivity contribution >= 4 is 21.9 Å². The zero-order valence-corrected chi connectivity index (χ0v) is 7.50. The Morgan fingerprint density at radius 1 is 1.91 bits per heavy atom. The molecule has 0 saturated heterocycles. The second-order valence-electron chi connectivity index (χ2n) is 2.08. The van der Waals surface area contributed by atoms with Crippen LogP contribution in [0.1, 0.15) is 16.2 Å². The molecule has 0 atom stereocenters. The van der Waals surface area contributed by atoms with Crippen LogP contribution in [0.4, 0.5) is 0 Å². The highest BCUT2D eigenvalue weighted by Crippen LogP contribution is 2.06. The van der Waals surface area contributed by atoms with Gasteiger partial charge in [-0.2, -0.15) is 5.10 Å². The molecule has 0 radical (unpaired) electrons. The van der Waals surface area contributed by atoms with Gasteiger partial charge in [0.05, 0.1) is 0 Å². The molecule has 1 heterocycles. The average Bonchev–Trinajstić information content (AvgIpc) is 2.31. The zero-order chi connectivity index (χ0) is 8.43. The Hall–Kier alpha value is -0.840. The summed E-state index contributed by atoms with van der Waals surface area (Å²) >= 11 is 3.22. The van der Waals surface area contributed by atoms with E-state index in [1.54, 1.807) is 7.05 Å². The number of hydrogen-bond acceptors (Lipinski definition) is 2. The van der Waals surface area contributed by atoms with Gasteiger partial charge < -0.3 is 5.11 Å². The van der Waals surface area contributed by atoms with E-state index in [-0.39, 0.29) is 5.69 Å². The number of aryl methyl sites for hydroxylation is 1. The van der Waals surface area contributed by atoms with E-state index in [1.165, 1.54) is 10.7 Å². The van der Waals surface area contributed by atoms with Gasteiger partial charge in [0, 0.05) is 18.1 Å². The molecule has 60 valence electrons. The molecule has 0 saturated carbocycles. The smallest absolute Gasteiger partial charge is 0.356 e. The predicted octanol–water partition coefficient (Wildman–Crippen LogP) is 1.01. The molecule has 0 bridgehead atoms. The second kappa shape index (κ2) is 3.04. The molecule has 1 N–H and O–H groups in total. The third kappa shape index (κ3) is 1.59. The van der Waals surface area contributed by atoms with Gasteiger partial charge in [-0.15, -0.1) is 0 Å². The number of carboxylic acid groups (broad SMARTS) is 1. The fourth-order valence-corrected chi connectivity index (χ4v) is 1.26. The third-order valence-corrected chi connectivity index (χ3v) is 1.91. The van der Waals surface area contributed by atoms with Crippen LogP contribution < -0.4 is 0 Å². The minimum Gasteiger partial charge on any atom is -0.476 e. The molecule has 11 heavy (non-hydrogen) atoms. The fraction of sp³-hybridized carbons (Fsp3) is 0.333. The molecule has 0 aliphatic rings. The molecular formula is C6H7BrN2O2. The second-order valence-corrected chi connectivity index (χ2v) is 2.64. The number of aromatic carboxylic acids is 1. The number of carboxylic acids is 1. The van der Waals surface area contributed by atoms with Crippen molar-refractivity contribution in [3.63, 3.8) is 0 Å². The molecular weight excluding hydrogens is 212 g/mol. The van der Waals surface area contributed by atoms with Gasteiger partial charge in [0.25, 0.3) is 0 Å². The number of alkyl halides is 1. The van der Waals surface area contributed by atoms with Gasteiger partial charge in [0.15, 0.2) is 5.69 Å². The Morgan fingerprint density at radius 2 is 2.55 bits per heavy atom. The highest BCUT2D eigenvalue weighted by molar-refractivity contribution is 9.08. The van der Waals surface area contributed by atoms with Crippen LogP contribution in [0.25, 0.3) is 0 Å². The van der Waals surface area contributed by atoms with Gasteiger partial charge in [-0.3, -0.25) is 4.68 Å². The van der Waals surface area contributed by atoms with Crippen LogP contribution in [0.15, 0.2) is 6.07 Å². The van der Waals surface area contributed by atoms with Crippen molar-refractivity contribution in [3.8, 4) is 0 Å². The highest BCUT2D eigenvalue weighted by atomic mass is 79.9. The lowest BCUT2D eigenvalue weighted by Crippen LogP contribution is -1.99. The average molecular weight is 219 g/mol. The topological polar surface area (TPSA) is 55.1 Å². The summed E-state index contributed by atoms with van der Waals surface area (Å²) in [6, 6.07) is 1.54. The molecule has 5 heteroatoms. The van der Waals surface area contributed by atoms with E-state index in [9.17, 15) is 4.79 Å². The maximum absolute atomic E-state index is 10.4. The minimum absolute atomic E-state index is 0.0851. The summed E-state index contributed by atoms with van der Waals surface area (Å²) in [6.07, 6.45) is 0. The van der Waals surface area contributed by atoms with Crippen LogP contribution in [0, 0.1) is 0 Å². The fourth-order valence-electron chi connectivity index (χ4n) is 0.736. The summed E-state index contributed by atoms with van der Waals surface area (Å²) in [4.78, 5) is 10.4. The first-order chi connectivity index (χ1) is 5.15. The zero-order valence-electron chi connectivity index (χ0n) is 5.91. The van der Waals surface area contributed by atoms with Crippen molar-refractivity contribution in [2.75, 3.05) is 0 Å². The lowest BCUT2D eigenvalue weighted by Gasteiger charge is -1.91. The number of nitrogens with zero attached hydrogens (tertiary/aromatic N) is 2. The number of halogens is 1. The Bertz CT molecular complexity index is 282. The van der Waals surface area contributed by atoms with Crippen LogP contribution in [0.3, 0.4) is 0 Å². The van der Waals surface area contributed by atoms with Gasteiger partial charge in [-0.05, 0) is 6.07 Å². The van der Waals surface area contributed by atoms with Crippen molar-refractivity contribution in [2.24, 2.45) is 7.05 Å². The highest BCUT2D eigenvalue weighted by Gasteiger charge is 2.09. The summed E-state index contributed by atoms with van der Waals surface area (Å²) in [6.45, 7) is 0. The molecule has 0 spiro atoms. The monoisotopic (exact) mass is 218 g/mol. The molecule has 0 unspecified atom stereocenters. The van der Waals surface area contributed by atoms with Gasteiger partial charge in [0.2, 0.25) is 0 Å². The van der Waals surface area contributed by atoms with E-state index in [0.29, 0.717) is 5.33 Å². The number of carbonyl (C=O) groups is 1. The Kier molecular flexibility index (Phi) is 2.28. The van der Waals surface area contributed by atoms with E-state index in [1.807, 2.05) is 0 Å². The molecule has 1 rings (SSSR count). The SMILES string of the molecule is Cn1nc(C(=O)O)cc1CBr. The molecule has 0 fully saturated rings. The van der Waals surface area contributed by atoms with E-state index in [0.717, 1.165) is 5.69 Å². The number of aromatic nitrogens is 2. The molecule has 0 aliphatic heterocycles. The maximum atomic E-state index is 10.4. The first kappa shape index (κ1) is 8.26. The van der Waals surface area contributed by atoms with Crippen LogP contribution >= 0.6 is 15.9 Å². The molecule has 0 aliphatic carbocycles. The predicted molar refractivity (Wildman–Crippen MR) is 42.8 cm³/mol. The molecule has 1 aromatic heterocycles. The summed E-state index contributed by atoms with van der Waals surface area (Å²) < 4.78 is 1.54. The summed E-state index contributed by atoms with van der Waals surface area (Å²) in [5.41, 5.74) is 0.935. The van der Waals surface area contributed by atoms with Crippen molar-refractivity contribution in [2.45, 2.75) is 5.33 Å². The third-order valence-electron chi connectivity index (χ3n) is 1.33. The summed E-state index contributed by atoms with van der Waals surface area (Å²) in [5.74, 6) is -0.993. The van der Waals surface area contributed by atoms with E-state index in [4.69, 9.17) is 5.11 Å². The first-order valence-corrected chi connectivity index (χ1v) is 4.09. The van der Waals surface area contributed by atoms with Crippen LogP contribution in [-0.4, -0.2) is 20.9 Å². The molecule has 4 nitrogen and oxygen atoms in total. The van der Waals surface area contributed by atoms with Crippen molar-refractivity contribution in [1.82, 2.24) is 9.78 Å². The number of hydrogen-bond donors (Lipinski definition) is 1.